The Labute approximate surface area is 112 Å². The molecule has 0 fully saturated rings. The molecule has 0 spiro atoms. The predicted octanol–water partition coefficient (Wildman–Crippen LogP) is 1.86. The summed E-state index contributed by atoms with van der Waals surface area (Å²) in [5.74, 6) is 0.523. The molecule has 1 aromatic rings. The molecular weight excluding hydrogens is 251 g/mol. The molecular formula is C13H19FN2OS. The summed E-state index contributed by atoms with van der Waals surface area (Å²) in [7, 11) is 1.71. The Balaban J connectivity index is 2.51. The van der Waals surface area contributed by atoms with Crippen molar-refractivity contribution in [1.82, 2.24) is 4.90 Å². The molecule has 1 amide bonds. The van der Waals surface area contributed by atoms with Gasteiger partial charge in [0.1, 0.15) is 5.82 Å². The van der Waals surface area contributed by atoms with Crippen LogP contribution in [0.4, 0.5) is 4.39 Å². The van der Waals surface area contributed by atoms with Crippen LogP contribution in [0, 0.1) is 5.82 Å². The molecule has 100 valence electrons. The second-order valence-corrected chi connectivity index (χ2v) is 5.19. The summed E-state index contributed by atoms with van der Waals surface area (Å²) in [6.07, 6.45) is 2.66. The number of carbonyl (C=O) groups is 1. The summed E-state index contributed by atoms with van der Waals surface area (Å²) in [6.45, 7) is 0.450. The number of halogens is 1. The third kappa shape index (κ3) is 4.66. The SMILES string of the molecule is CSCCC(N)C(=O)N(C)Cc1ccc(F)cc1. The van der Waals surface area contributed by atoms with E-state index in [2.05, 4.69) is 0 Å². The molecule has 0 aliphatic rings. The Morgan fingerprint density at radius 2 is 2.06 bits per heavy atom. The van der Waals surface area contributed by atoms with Crippen LogP contribution in [0.2, 0.25) is 0 Å². The molecule has 0 radical (unpaired) electrons. The fraction of sp³-hybridized carbons (Fsp3) is 0.462. The predicted molar refractivity (Wildman–Crippen MR) is 73.8 cm³/mol. The lowest BCUT2D eigenvalue weighted by molar-refractivity contribution is -0.131. The average Bonchev–Trinajstić information content (AvgIpc) is 2.37. The molecule has 0 aliphatic heterocycles. The van der Waals surface area contributed by atoms with Crippen LogP contribution in [-0.2, 0) is 11.3 Å². The van der Waals surface area contributed by atoms with Gasteiger partial charge in [-0.3, -0.25) is 4.79 Å². The Bertz CT molecular complexity index is 383. The monoisotopic (exact) mass is 270 g/mol. The number of carbonyl (C=O) groups excluding carboxylic acids is 1. The van der Waals surface area contributed by atoms with Crippen LogP contribution in [0.15, 0.2) is 24.3 Å². The molecule has 1 atom stereocenters. The minimum absolute atomic E-state index is 0.0756. The molecule has 2 N–H and O–H groups in total. The van der Waals surface area contributed by atoms with Crippen LogP contribution in [0.25, 0.3) is 0 Å². The second-order valence-electron chi connectivity index (χ2n) is 4.21. The van der Waals surface area contributed by atoms with E-state index >= 15 is 0 Å². The smallest absolute Gasteiger partial charge is 0.239 e. The zero-order valence-corrected chi connectivity index (χ0v) is 11.5. The van der Waals surface area contributed by atoms with E-state index in [9.17, 15) is 9.18 Å². The molecule has 1 aromatic carbocycles. The maximum absolute atomic E-state index is 12.7. The lowest BCUT2D eigenvalue weighted by Crippen LogP contribution is -2.41. The first kappa shape index (κ1) is 15.0. The summed E-state index contributed by atoms with van der Waals surface area (Å²) in [4.78, 5) is 13.5. The molecule has 1 unspecified atom stereocenters. The molecule has 0 aliphatic carbocycles. The molecule has 18 heavy (non-hydrogen) atoms. The maximum atomic E-state index is 12.7. The minimum atomic E-state index is -0.456. The molecule has 0 heterocycles. The summed E-state index contributed by atoms with van der Waals surface area (Å²) >= 11 is 1.67. The third-order valence-corrected chi connectivity index (χ3v) is 3.30. The Kier molecular flexibility index (Phi) is 6.15. The molecule has 0 saturated carbocycles. The summed E-state index contributed by atoms with van der Waals surface area (Å²) < 4.78 is 12.7. The highest BCUT2D eigenvalue weighted by Crippen LogP contribution is 2.08. The normalized spacial score (nSPS) is 12.2. The number of likely N-dealkylation sites (N-methyl/N-ethyl adjacent to an activating group) is 1. The molecule has 5 heteroatoms. The van der Waals surface area contributed by atoms with Crippen molar-refractivity contribution in [1.29, 1.82) is 0 Å². The quantitative estimate of drug-likeness (QED) is 0.858. The van der Waals surface area contributed by atoms with E-state index < -0.39 is 6.04 Å². The van der Waals surface area contributed by atoms with Crippen molar-refractivity contribution in [3.63, 3.8) is 0 Å². The highest BCUT2D eigenvalue weighted by Gasteiger charge is 2.17. The number of amides is 1. The number of hydrogen-bond acceptors (Lipinski definition) is 3. The summed E-state index contributed by atoms with van der Waals surface area (Å²) in [5, 5.41) is 0. The van der Waals surface area contributed by atoms with E-state index in [0.29, 0.717) is 13.0 Å². The van der Waals surface area contributed by atoms with Crippen molar-refractivity contribution in [2.75, 3.05) is 19.1 Å². The lowest BCUT2D eigenvalue weighted by Gasteiger charge is -2.21. The van der Waals surface area contributed by atoms with Crippen molar-refractivity contribution in [2.24, 2.45) is 5.73 Å². The molecule has 1 rings (SSSR count). The Hall–Kier alpha value is -1.07. The minimum Gasteiger partial charge on any atom is -0.340 e. The van der Waals surface area contributed by atoms with Gasteiger partial charge in [-0.2, -0.15) is 11.8 Å². The van der Waals surface area contributed by atoms with Gasteiger partial charge in [-0.1, -0.05) is 12.1 Å². The lowest BCUT2D eigenvalue weighted by atomic mass is 10.1. The Morgan fingerprint density at radius 1 is 1.44 bits per heavy atom. The summed E-state index contributed by atoms with van der Waals surface area (Å²) in [5.41, 5.74) is 6.71. The van der Waals surface area contributed by atoms with Crippen LogP contribution in [0.3, 0.4) is 0 Å². The zero-order valence-electron chi connectivity index (χ0n) is 10.7. The first-order valence-electron chi connectivity index (χ1n) is 5.78. The van der Waals surface area contributed by atoms with Gasteiger partial charge in [0.25, 0.3) is 0 Å². The number of nitrogens with two attached hydrogens (primary N) is 1. The molecule has 3 nitrogen and oxygen atoms in total. The second kappa shape index (κ2) is 7.38. The van der Waals surface area contributed by atoms with E-state index in [0.717, 1.165) is 11.3 Å². The van der Waals surface area contributed by atoms with Gasteiger partial charge in [0.15, 0.2) is 0 Å². The molecule has 0 bridgehead atoms. The molecule has 0 aromatic heterocycles. The van der Waals surface area contributed by atoms with E-state index in [-0.39, 0.29) is 11.7 Å². The van der Waals surface area contributed by atoms with Crippen molar-refractivity contribution >= 4 is 17.7 Å². The number of rotatable bonds is 6. The van der Waals surface area contributed by atoms with Gasteiger partial charge in [-0.05, 0) is 36.1 Å². The van der Waals surface area contributed by atoms with Gasteiger partial charge >= 0.3 is 0 Å². The maximum Gasteiger partial charge on any atom is 0.239 e. The first-order chi connectivity index (χ1) is 8.54. The van der Waals surface area contributed by atoms with Gasteiger partial charge in [0, 0.05) is 13.6 Å². The first-order valence-corrected chi connectivity index (χ1v) is 7.18. The highest BCUT2D eigenvalue weighted by atomic mass is 32.2. The summed E-state index contributed by atoms with van der Waals surface area (Å²) in [6, 6.07) is 5.67. The van der Waals surface area contributed by atoms with E-state index in [1.165, 1.54) is 12.1 Å². The largest absolute Gasteiger partial charge is 0.340 e. The fourth-order valence-electron chi connectivity index (χ4n) is 1.59. The zero-order chi connectivity index (χ0) is 13.5. The molecule has 0 saturated heterocycles. The number of thioether (sulfide) groups is 1. The standard InChI is InChI=1S/C13H19FN2OS/c1-16(13(17)12(15)7-8-18-2)9-10-3-5-11(14)6-4-10/h3-6,12H,7-9,15H2,1-2H3. The Morgan fingerprint density at radius 3 is 2.61 bits per heavy atom. The van der Waals surface area contributed by atoms with E-state index in [4.69, 9.17) is 5.73 Å². The number of benzene rings is 1. The highest BCUT2D eigenvalue weighted by molar-refractivity contribution is 7.98. The van der Waals surface area contributed by atoms with Crippen molar-refractivity contribution in [3.05, 3.63) is 35.6 Å². The van der Waals surface area contributed by atoms with Crippen LogP contribution < -0.4 is 5.73 Å². The average molecular weight is 270 g/mol. The van der Waals surface area contributed by atoms with Crippen LogP contribution in [0.1, 0.15) is 12.0 Å². The topological polar surface area (TPSA) is 46.3 Å². The van der Waals surface area contributed by atoms with Crippen molar-refractivity contribution < 1.29 is 9.18 Å². The van der Waals surface area contributed by atoms with Gasteiger partial charge in [-0.15, -0.1) is 0 Å². The van der Waals surface area contributed by atoms with Crippen LogP contribution in [-0.4, -0.2) is 35.9 Å². The van der Waals surface area contributed by atoms with Crippen molar-refractivity contribution in [2.45, 2.75) is 19.0 Å². The van der Waals surface area contributed by atoms with Gasteiger partial charge in [0.2, 0.25) is 5.91 Å². The van der Waals surface area contributed by atoms with Gasteiger partial charge in [-0.25, -0.2) is 4.39 Å². The van der Waals surface area contributed by atoms with Gasteiger partial charge in [0.05, 0.1) is 6.04 Å². The number of hydrogen-bond donors (Lipinski definition) is 1. The van der Waals surface area contributed by atoms with Gasteiger partial charge < -0.3 is 10.6 Å². The van der Waals surface area contributed by atoms with Crippen LogP contribution >= 0.6 is 11.8 Å². The van der Waals surface area contributed by atoms with Crippen molar-refractivity contribution in [3.8, 4) is 0 Å². The number of nitrogens with zero attached hydrogens (tertiary/aromatic N) is 1. The van der Waals surface area contributed by atoms with E-state index in [1.807, 2.05) is 6.26 Å². The van der Waals surface area contributed by atoms with E-state index in [1.54, 1.807) is 35.8 Å². The third-order valence-electron chi connectivity index (χ3n) is 2.66. The fourth-order valence-corrected chi connectivity index (χ4v) is 2.08. The van der Waals surface area contributed by atoms with Crippen LogP contribution in [0.5, 0.6) is 0 Å².